The predicted molar refractivity (Wildman–Crippen MR) is 203 cm³/mol. The molecule has 6 rings (SSSR count). The first-order valence-corrected chi connectivity index (χ1v) is 18.4. The molecule has 0 aliphatic carbocycles. The van der Waals surface area contributed by atoms with Crippen LogP contribution in [0, 0.1) is 5.41 Å². The normalized spacial score (nSPS) is 12.0. The largest absolute Gasteiger partial charge is 6.00 e. The van der Waals surface area contributed by atoms with Crippen LogP contribution in [0.2, 0.25) is 0 Å². The first-order valence-electron chi connectivity index (χ1n) is 14.9. The first kappa shape index (κ1) is 41.0. The molecule has 246 valence electrons. The van der Waals surface area contributed by atoms with Crippen molar-refractivity contribution in [3.63, 3.8) is 0 Å². The van der Waals surface area contributed by atoms with E-state index in [9.17, 15) is 4.79 Å². The molecule has 0 unspecified atom stereocenters. The van der Waals surface area contributed by atoms with Gasteiger partial charge in [-0.05, 0) is 48.4 Å². The Bertz CT molecular complexity index is 1470. The molecule has 0 aromatic heterocycles. The van der Waals surface area contributed by atoms with Crippen molar-refractivity contribution in [2.45, 2.75) is 6.92 Å². The number of rotatable bonds is 8. The Morgan fingerprint density at radius 1 is 0.688 bits per heavy atom. The number of thioether (sulfide) groups is 1. The molecule has 1 heterocycles. The first-order chi connectivity index (χ1) is 23.1. The molecular weight excluding hydrogens is 746 g/mol. The van der Waals surface area contributed by atoms with E-state index in [0.29, 0.717) is 11.7 Å². The van der Waals surface area contributed by atoms with E-state index in [1.807, 2.05) is 60.7 Å². The molecule has 5 aromatic carbocycles. The summed E-state index contributed by atoms with van der Waals surface area (Å²) in [6.45, 7) is 2.10. The number of ether oxygens (including phenoxy) is 1. The molecule has 0 radical (unpaired) electrons. The van der Waals surface area contributed by atoms with Crippen LogP contribution in [0.1, 0.15) is 12.5 Å². The van der Waals surface area contributed by atoms with Gasteiger partial charge in [0.2, 0.25) is 0 Å². The third-order valence-corrected chi connectivity index (χ3v) is 10.8. The van der Waals surface area contributed by atoms with E-state index in [2.05, 4.69) is 101 Å². The topological polar surface area (TPSA) is 66.4 Å². The van der Waals surface area contributed by atoms with Gasteiger partial charge in [-0.3, -0.25) is 0 Å². The summed E-state index contributed by atoms with van der Waals surface area (Å²) < 4.78 is 18.9. The molecule has 0 spiro atoms. The molecule has 0 N–H and O–H groups in total. The number of nitrogens with zero attached hydrogens (tertiary/aromatic N) is 1. The van der Waals surface area contributed by atoms with Gasteiger partial charge in [0.25, 0.3) is 0 Å². The number of benzene rings is 4. The summed E-state index contributed by atoms with van der Waals surface area (Å²) in [5.41, 5.74) is 1.89. The standard InChI is InChI=1S/C18H15P.C12H10NO2S.C5H5.C3H10O3P.Ru/c1-4-10-16(11-5-1)19(17-12-6-2-7-13-17)18-14-8-3-9-15-18;1-2-15-12(14)13-11-10(8-16-11)9-6-4-3-5-7-9;1-2-4-5-3-1;1-4-7(5-2)6-3;/h1-15H;3-7H,2H2,1H3;1-5H;7H,1-3H3;/q;2*-1;+1;+6/p+1. The van der Waals surface area contributed by atoms with Crippen LogP contribution in [0.25, 0.3) is 5.57 Å². The maximum Gasteiger partial charge on any atom is 6.00 e. The molecule has 1 aliphatic rings. The van der Waals surface area contributed by atoms with Crippen LogP contribution in [0.4, 0.5) is 4.79 Å². The molecule has 5 aromatic rings. The monoisotopic (exact) mass is 787 g/mol. The second kappa shape index (κ2) is 24.9. The quantitative estimate of drug-likeness (QED) is 0.0893. The summed E-state index contributed by atoms with van der Waals surface area (Å²) >= 11 is 1.32. The molecule has 1 amide bonds. The second-order valence-corrected chi connectivity index (χ2v) is 14.4. The third-order valence-electron chi connectivity index (χ3n) is 6.23. The molecule has 0 atom stereocenters. The van der Waals surface area contributed by atoms with Crippen LogP contribution >= 0.6 is 28.3 Å². The Kier molecular flexibility index (Phi) is 21.3. The van der Waals surface area contributed by atoms with Gasteiger partial charge in [-0.1, -0.05) is 72.8 Å². The molecule has 1 aliphatic heterocycles. The van der Waals surface area contributed by atoms with Crippen molar-refractivity contribution >= 4 is 60.9 Å². The summed E-state index contributed by atoms with van der Waals surface area (Å²) in [7, 11) is 2.43. The van der Waals surface area contributed by atoms with E-state index < -0.39 is 22.6 Å². The summed E-state index contributed by atoms with van der Waals surface area (Å²) in [5.74, 6) is 0. The number of hydrogen-bond donors (Lipinski definition) is 0. The minimum Gasteiger partial charge on any atom is -0.449 e. The zero-order valence-corrected chi connectivity index (χ0v) is 31.9. The van der Waals surface area contributed by atoms with Crippen LogP contribution in [0.15, 0.2) is 157 Å². The zero-order chi connectivity index (χ0) is 33.5. The van der Waals surface area contributed by atoms with E-state index in [1.54, 1.807) is 28.3 Å². The third kappa shape index (κ3) is 14.5. The number of carbonyl (C=O) groups is 1. The zero-order valence-electron chi connectivity index (χ0n) is 27.4. The van der Waals surface area contributed by atoms with E-state index >= 15 is 0 Å². The Labute approximate surface area is 304 Å². The Hall–Kier alpha value is -3.18. The van der Waals surface area contributed by atoms with Gasteiger partial charge in [-0.25, -0.2) is 33.7 Å². The molecular formula is C38H41NO5P2RuS+6. The molecule has 0 saturated heterocycles. The maximum atomic E-state index is 11.2. The van der Waals surface area contributed by atoms with Crippen molar-refractivity contribution in [2.75, 3.05) is 27.9 Å². The van der Waals surface area contributed by atoms with Gasteiger partial charge in [0.05, 0.1) is 35.9 Å². The smallest absolute Gasteiger partial charge is 0.449 e. The van der Waals surface area contributed by atoms with E-state index in [1.165, 1.54) is 27.7 Å². The van der Waals surface area contributed by atoms with Gasteiger partial charge in [0.1, 0.15) is 15.9 Å². The molecule has 0 fully saturated rings. The summed E-state index contributed by atoms with van der Waals surface area (Å²) in [6, 6.07) is 52.2. The minimum absolute atomic E-state index is 0. The predicted octanol–water partition coefficient (Wildman–Crippen LogP) is 8.60. The molecule has 0 bridgehead atoms. The molecule has 0 saturated carbocycles. The van der Waals surface area contributed by atoms with Crippen LogP contribution in [-0.4, -0.2) is 39.1 Å². The van der Waals surface area contributed by atoms with Gasteiger partial charge < -0.3 is 4.74 Å². The summed E-state index contributed by atoms with van der Waals surface area (Å²) in [5, 5.41) is 8.03. The Morgan fingerprint density at radius 3 is 1.40 bits per heavy atom. The number of carbonyl (C=O) groups excluding carboxylic acids is 1. The second-order valence-electron chi connectivity index (χ2n) is 9.36. The van der Waals surface area contributed by atoms with E-state index in [0.717, 1.165) is 11.1 Å². The summed E-state index contributed by atoms with van der Waals surface area (Å²) in [6.07, 6.45) is -0.542. The van der Waals surface area contributed by atoms with Crippen LogP contribution < -0.4 is 15.9 Å². The fraction of sp³-hybridized carbons (Fsp3) is 0.132. The molecule has 6 nitrogen and oxygen atoms in total. The van der Waals surface area contributed by atoms with Crippen LogP contribution in [-0.2, 0) is 37.8 Å². The van der Waals surface area contributed by atoms with Crippen LogP contribution in [0.5, 0.6) is 0 Å². The van der Waals surface area contributed by atoms with Gasteiger partial charge in [-0.2, -0.15) is 31.8 Å². The molecule has 10 heteroatoms. The fourth-order valence-corrected chi connectivity index (χ4v) is 7.87. The van der Waals surface area contributed by atoms with Crippen molar-refractivity contribution in [2.24, 2.45) is 4.99 Å². The van der Waals surface area contributed by atoms with Crippen molar-refractivity contribution in [3.05, 3.63) is 163 Å². The average Bonchev–Trinajstić information content (AvgIpc) is 3.71. The minimum atomic E-state index is -1.36. The summed E-state index contributed by atoms with van der Waals surface area (Å²) in [4.78, 5) is 15.0. The fourth-order valence-electron chi connectivity index (χ4n) is 4.14. The van der Waals surface area contributed by atoms with Gasteiger partial charge >= 0.3 is 34.2 Å². The van der Waals surface area contributed by atoms with E-state index in [4.69, 9.17) is 18.3 Å². The van der Waals surface area contributed by atoms with Crippen molar-refractivity contribution in [1.29, 1.82) is 0 Å². The van der Waals surface area contributed by atoms with E-state index in [-0.39, 0.29) is 19.5 Å². The molecule has 48 heavy (non-hydrogen) atoms. The average molecular weight is 787 g/mol. The Morgan fingerprint density at radius 2 is 1.10 bits per heavy atom. The number of aliphatic imine (C=N–C) groups is 1. The number of amides is 1. The van der Waals surface area contributed by atoms with Crippen molar-refractivity contribution in [1.82, 2.24) is 0 Å². The van der Waals surface area contributed by atoms with Gasteiger partial charge in [-0.15, -0.1) is 28.7 Å². The van der Waals surface area contributed by atoms with Gasteiger partial charge in [0.15, 0.2) is 0 Å². The van der Waals surface area contributed by atoms with Gasteiger partial charge in [0, 0.05) is 0 Å². The maximum absolute atomic E-state index is 11.2. The van der Waals surface area contributed by atoms with Crippen LogP contribution in [0.3, 0.4) is 0 Å². The Balaban J connectivity index is 0.000000248. The van der Waals surface area contributed by atoms with Crippen molar-refractivity contribution < 1.29 is 42.6 Å². The SMILES string of the molecule is CCOC(=O)N=C1S[C-]=C1c1ccccc1.CO[PH+](OC)OC.[Ru+6].c1cc[cH-]c1.c1ccc([PH+](c2ccccc2)c2ccccc2)cc1. The number of hydrogen-bond acceptors (Lipinski definition) is 6. The van der Waals surface area contributed by atoms with Crippen molar-refractivity contribution in [3.8, 4) is 0 Å².